The molecule has 5 heteroatoms. The molecule has 0 aromatic heterocycles. The molecular formula is C18H15N3O2. The molecule has 0 aliphatic carbocycles. The number of carbonyl (C=O) groups is 1. The lowest BCUT2D eigenvalue weighted by Gasteiger charge is -2.06. The predicted molar refractivity (Wildman–Crippen MR) is 90.8 cm³/mol. The average molecular weight is 305 g/mol. The number of hydrogen-bond donors (Lipinski definition) is 2. The van der Waals surface area contributed by atoms with Gasteiger partial charge < -0.3 is 16.2 Å². The van der Waals surface area contributed by atoms with Gasteiger partial charge in [0.15, 0.2) is 5.96 Å². The van der Waals surface area contributed by atoms with Gasteiger partial charge >= 0.3 is 5.97 Å². The molecule has 0 spiro atoms. The topological polar surface area (TPSA) is 90.7 Å². The van der Waals surface area contributed by atoms with Crippen molar-refractivity contribution in [2.75, 3.05) is 0 Å². The van der Waals surface area contributed by atoms with E-state index in [0.717, 1.165) is 10.8 Å². The molecule has 3 aromatic carbocycles. The van der Waals surface area contributed by atoms with Gasteiger partial charge in [-0.2, -0.15) is 0 Å². The second kappa shape index (κ2) is 6.19. The van der Waals surface area contributed by atoms with Crippen molar-refractivity contribution in [2.45, 2.75) is 0 Å². The summed E-state index contributed by atoms with van der Waals surface area (Å²) in [7, 11) is 0. The number of rotatable bonds is 3. The number of hydrogen-bond acceptors (Lipinski definition) is 3. The third kappa shape index (κ3) is 3.47. The van der Waals surface area contributed by atoms with Crippen molar-refractivity contribution in [3.05, 3.63) is 72.3 Å². The quantitative estimate of drug-likeness (QED) is 0.337. The maximum absolute atomic E-state index is 12.1. The molecule has 0 saturated carbocycles. The molecule has 0 aliphatic rings. The number of nitrogens with two attached hydrogens (primary N) is 2. The second-order valence-electron chi connectivity index (χ2n) is 4.99. The van der Waals surface area contributed by atoms with Crippen molar-refractivity contribution in [3.63, 3.8) is 0 Å². The molecule has 0 radical (unpaired) electrons. The van der Waals surface area contributed by atoms with Gasteiger partial charge in [0.25, 0.3) is 0 Å². The first kappa shape index (κ1) is 14.6. The summed E-state index contributed by atoms with van der Waals surface area (Å²) in [6.07, 6.45) is 0. The highest BCUT2D eigenvalue weighted by atomic mass is 16.5. The summed E-state index contributed by atoms with van der Waals surface area (Å²) < 4.78 is 5.40. The third-order valence-corrected chi connectivity index (χ3v) is 3.27. The summed E-state index contributed by atoms with van der Waals surface area (Å²) in [6.45, 7) is 0. The lowest BCUT2D eigenvalue weighted by Crippen LogP contribution is -2.21. The molecule has 114 valence electrons. The molecular weight excluding hydrogens is 290 g/mol. The van der Waals surface area contributed by atoms with Crippen LogP contribution in [0.4, 0.5) is 5.69 Å². The first-order valence-electron chi connectivity index (χ1n) is 7.02. The number of carbonyl (C=O) groups excluding carboxylic acids is 1. The van der Waals surface area contributed by atoms with Gasteiger partial charge in [-0.25, -0.2) is 9.79 Å². The summed E-state index contributed by atoms with van der Waals surface area (Å²) in [5.41, 5.74) is 11.9. The molecule has 0 unspecified atom stereocenters. The maximum Gasteiger partial charge on any atom is 0.343 e. The van der Waals surface area contributed by atoms with E-state index in [9.17, 15) is 4.79 Å². The number of nitrogens with zero attached hydrogens (tertiary/aromatic N) is 1. The van der Waals surface area contributed by atoms with Gasteiger partial charge in [-0.3, -0.25) is 0 Å². The molecule has 3 aromatic rings. The average Bonchev–Trinajstić information content (AvgIpc) is 2.55. The van der Waals surface area contributed by atoms with Crippen molar-refractivity contribution >= 4 is 28.4 Å². The third-order valence-electron chi connectivity index (χ3n) is 3.27. The summed E-state index contributed by atoms with van der Waals surface area (Å²) in [5.74, 6) is 0.112. The van der Waals surface area contributed by atoms with E-state index in [2.05, 4.69) is 4.99 Å². The highest BCUT2D eigenvalue weighted by Gasteiger charge is 2.08. The molecule has 0 amide bonds. The van der Waals surface area contributed by atoms with E-state index in [4.69, 9.17) is 16.2 Å². The van der Waals surface area contributed by atoms with Crippen molar-refractivity contribution in [3.8, 4) is 5.75 Å². The van der Waals surface area contributed by atoms with Gasteiger partial charge in [0.05, 0.1) is 11.3 Å². The molecule has 0 aliphatic heterocycles. The Morgan fingerprint density at radius 2 is 1.57 bits per heavy atom. The molecule has 0 saturated heterocycles. The van der Waals surface area contributed by atoms with E-state index in [1.165, 1.54) is 0 Å². The number of fused-ring (bicyclic) bond motifs is 1. The molecule has 0 bridgehead atoms. The zero-order valence-electron chi connectivity index (χ0n) is 12.3. The van der Waals surface area contributed by atoms with Crippen molar-refractivity contribution in [1.82, 2.24) is 0 Å². The van der Waals surface area contributed by atoms with Crippen LogP contribution in [-0.4, -0.2) is 11.9 Å². The Hall–Kier alpha value is -3.34. The summed E-state index contributed by atoms with van der Waals surface area (Å²) in [6, 6.07) is 19.8. The zero-order valence-corrected chi connectivity index (χ0v) is 12.3. The van der Waals surface area contributed by atoms with E-state index in [0.29, 0.717) is 17.0 Å². The largest absolute Gasteiger partial charge is 0.423 e. The SMILES string of the molecule is NC(N)=Nc1ccc2cc(OC(=O)c3ccccc3)ccc2c1. The van der Waals surface area contributed by atoms with Crippen LogP contribution in [0.5, 0.6) is 5.75 Å². The lowest BCUT2D eigenvalue weighted by atomic mass is 10.1. The van der Waals surface area contributed by atoms with Gasteiger partial charge in [0.1, 0.15) is 5.75 Å². The Balaban J connectivity index is 1.86. The number of aliphatic imine (C=N–C) groups is 1. The van der Waals surface area contributed by atoms with E-state index in [-0.39, 0.29) is 11.9 Å². The molecule has 0 heterocycles. The summed E-state index contributed by atoms with van der Waals surface area (Å²) in [5, 5.41) is 1.88. The van der Waals surface area contributed by atoms with Gasteiger partial charge in [0, 0.05) is 0 Å². The highest BCUT2D eigenvalue weighted by molar-refractivity contribution is 5.92. The van der Waals surface area contributed by atoms with Crippen LogP contribution in [0.3, 0.4) is 0 Å². The first-order chi connectivity index (χ1) is 11.1. The van der Waals surface area contributed by atoms with Crippen LogP contribution in [-0.2, 0) is 0 Å². The fourth-order valence-electron chi connectivity index (χ4n) is 2.23. The minimum Gasteiger partial charge on any atom is -0.423 e. The van der Waals surface area contributed by atoms with Crippen LogP contribution >= 0.6 is 0 Å². The molecule has 0 atom stereocenters. The van der Waals surface area contributed by atoms with Crippen LogP contribution in [0.2, 0.25) is 0 Å². The number of ether oxygens (including phenoxy) is 1. The number of esters is 1. The Labute approximate surface area is 133 Å². The van der Waals surface area contributed by atoms with Crippen LogP contribution in [0.15, 0.2) is 71.7 Å². The molecule has 0 fully saturated rings. The zero-order chi connectivity index (χ0) is 16.2. The standard InChI is InChI=1S/C18H15N3O2/c19-18(20)21-15-8-6-14-11-16(9-7-13(14)10-15)23-17(22)12-4-2-1-3-5-12/h1-11H,(H4,19,20,21). The summed E-state index contributed by atoms with van der Waals surface area (Å²) >= 11 is 0. The van der Waals surface area contributed by atoms with E-state index >= 15 is 0 Å². The maximum atomic E-state index is 12.1. The van der Waals surface area contributed by atoms with E-state index in [1.54, 1.807) is 42.5 Å². The predicted octanol–water partition coefficient (Wildman–Crippen LogP) is 2.96. The Morgan fingerprint density at radius 1 is 0.870 bits per heavy atom. The monoisotopic (exact) mass is 305 g/mol. The Morgan fingerprint density at radius 3 is 2.30 bits per heavy atom. The fraction of sp³-hybridized carbons (Fsp3) is 0. The second-order valence-corrected chi connectivity index (χ2v) is 4.99. The van der Waals surface area contributed by atoms with Gasteiger partial charge in [-0.05, 0) is 47.2 Å². The molecule has 5 nitrogen and oxygen atoms in total. The smallest absolute Gasteiger partial charge is 0.343 e. The van der Waals surface area contributed by atoms with Gasteiger partial charge in [-0.15, -0.1) is 0 Å². The number of guanidine groups is 1. The van der Waals surface area contributed by atoms with Crippen LogP contribution in [0.25, 0.3) is 10.8 Å². The van der Waals surface area contributed by atoms with Crippen LogP contribution < -0.4 is 16.2 Å². The Bertz CT molecular complexity index is 885. The summed E-state index contributed by atoms with van der Waals surface area (Å²) in [4.78, 5) is 16.1. The fourth-order valence-corrected chi connectivity index (χ4v) is 2.23. The molecule has 3 rings (SSSR count). The van der Waals surface area contributed by atoms with Gasteiger partial charge in [-0.1, -0.05) is 30.3 Å². The minimum absolute atomic E-state index is 0.0118. The van der Waals surface area contributed by atoms with Crippen LogP contribution in [0, 0.1) is 0 Å². The van der Waals surface area contributed by atoms with Crippen molar-refractivity contribution < 1.29 is 9.53 Å². The molecule has 23 heavy (non-hydrogen) atoms. The van der Waals surface area contributed by atoms with Crippen molar-refractivity contribution in [2.24, 2.45) is 16.5 Å². The normalized spacial score (nSPS) is 10.3. The molecule has 4 N–H and O–H groups in total. The van der Waals surface area contributed by atoms with E-state index < -0.39 is 0 Å². The van der Waals surface area contributed by atoms with Gasteiger partial charge in [0.2, 0.25) is 0 Å². The van der Waals surface area contributed by atoms with Crippen LogP contribution in [0.1, 0.15) is 10.4 Å². The van der Waals surface area contributed by atoms with Crippen molar-refractivity contribution in [1.29, 1.82) is 0 Å². The lowest BCUT2D eigenvalue weighted by molar-refractivity contribution is 0.0735. The minimum atomic E-state index is -0.387. The van der Waals surface area contributed by atoms with E-state index in [1.807, 2.05) is 24.3 Å². The Kier molecular flexibility index (Phi) is 3.93. The highest BCUT2D eigenvalue weighted by Crippen LogP contribution is 2.25. The first-order valence-corrected chi connectivity index (χ1v) is 7.02. The number of benzene rings is 3.